The third kappa shape index (κ3) is 2.68. The maximum absolute atomic E-state index is 13.3. The first-order valence-electron chi connectivity index (χ1n) is 5.32. The van der Waals surface area contributed by atoms with Crippen molar-refractivity contribution in [2.75, 3.05) is 26.3 Å². The highest BCUT2D eigenvalue weighted by Crippen LogP contribution is 2.09. The minimum atomic E-state index is -0.557. The smallest absolute Gasteiger partial charge is 0.249 e. The Morgan fingerprint density at radius 1 is 1.41 bits per heavy atom. The molecule has 0 saturated carbocycles. The summed E-state index contributed by atoms with van der Waals surface area (Å²) in [5, 5.41) is 0. The Bertz CT molecular complexity index is 447. The van der Waals surface area contributed by atoms with Gasteiger partial charge in [0.05, 0.1) is 18.7 Å². The number of morpholine rings is 1. The van der Waals surface area contributed by atoms with Crippen LogP contribution in [0.1, 0.15) is 10.4 Å². The van der Waals surface area contributed by atoms with Crippen LogP contribution >= 0.6 is 0 Å². The Labute approximate surface area is 98.0 Å². The molecule has 2 rings (SSSR count). The van der Waals surface area contributed by atoms with E-state index in [9.17, 15) is 14.0 Å². The summed E-state index contributed by atoms with van der Waals surface area (Å²) in [6.07, 6.45) is 0. The number of carbonyl (C=O) groups excluding carboxylic acids is 2. The van der Waals surface area contributed by atoms with Gasteiger partial charge in [-0.15, -0.1) is 0 Å². The fourth-order valence-electron chi connectivity index (χ4n) is 1.66. The van der Waals surface area contributed by atoms with Crippen molar-refractivity contribution in [3.63, 3.8) is 0 Å². The van der Waals surface area contributed by atoms with Crippen LogP contribution in [0.3, 0.4) is 0 Å². The second-order valence-corrected chi connectivity index (χ2v) is 3.77. The molecule has 90 valence electrons. The molecule has 1 fully saturated rings. The lowest BCUT2D eigenvalue weighted by Gasteiger charge is -2.26. The molecule has 0 bridgehead atoms. The zero-order chi connectivity index (χ0) is 12.3. The van der Waals surface area contributed by atoms with Crippen molar-refractivity contribution in [3.8, 4) is 0 Å². The Balaban J connectivity index is 2.06. The molecule has 4 nitrogen and oxygen atoms in total. The van der Waals surface area contributed by atoms with Gasteiger partial charge in [-0.05, 0) is 12.1 Å². The van der Waals surface area contributed by atoms with E-state index in [1.807, 2.05) is 0 Å². The molecule has 0 aromatic heterocycles. The minimum absolute atomic E-state index is 0.00937. The van der Waals surface area contributed by atoms with Crippen LogP contribution in [0.2, 0.25) is 0 Å². The third-order valence-corrected chi connectivity index (χ3v) is 2.59. The Hall–Kier alpha value is -1.75. The predicted octanol–water partition coefficient (Wildman–Crippen LogP) is 0.867. The Kier molecular flexibility index (Phi) is 3.49. The first-order valence-corrected chi connectivity index (χ1v) is 5.32. The van der Waals surface area contributed by atoms with Gasteiger partial charge in [0.25, 0.3) is 0 Å². The van der Waals surface area contributed by atoms with Crippen molar-refractivity contribution in [2.24, 2.45) is 0 Å². The van der Waals surface area contributed by atoms with E-state index in [4.69, 9.17) is 4.74 Å². The quantitative estimate of drug-likeness (QED) is 0.733. The van der Waals surface area contributed by atoms with Crippen molar-refractivity contribution in [1.82, 2.24) is 4.90 Å². The molecule has 1 aromatic rings. The van der Waals surface area contributed by atoms with E-state index >= 15 is 0 Å². The first-order chi connectivity index (χ1) is 8.18. The summed E-state index contributed by atoms with van der Waals surface area (Å²) in [6.45, 7) is 0.684. The van der Waals surface area contributed by atoms with E-state index in [0.717, 1.165) is 0 Å². The first kappa shape index (κ1) is 11.7. The monoisotopic (exact) mass is 237 g/mol. The van der Waals surface area contributed by atoms with E-state index in [0.29, 0.717) is 13.2 Å². The molecule has 0 N–H and O–H groups in total. The molecule has 17 heavy (non-hydrogen) atoms. The lowest BCUT2D eigenvalue weighted by Crippen LogP contribution is -2.44. The van der Waals surface area contributed by atoms with Gasteiger partial charge >= 0.3 is 0 Å². The van der Waals surface area contributed by atoms with Crippen LogP contribution in [-0.2, 0) is 9.53 Å². The summed E-state index contributed by atoms with van der Waals surface area (Å²) in [5.41, 5.74) is 0.0202. The number of ketones is 1. The fourth-order valence-corrected chi connectivity index (χ4v) is 1.66. The summed E-state index contributed by atoms with van der Waals surface area (Å²) >= 11 is 0. The van der Waals surface area contributed by atoms with Crippen LogP contribution in [0.15, 0.2) is 24.3 Å². The normalized spacial score (nSPS) is 16.1. The average molecular weight is 237 g/mol. The van der Waals surface area contributed by atoms with Crippen molar-refractivity contribution in [1.29, 1.82) is 0 Å². The molecule has 1 aliphatic rings. The number of rotatable bonds is 3. The predicted molar refractivity (Wildman–Crippen MR) is 58.1 cm³/mol. The van der Waals surface area contributed by atoms with Gasteiger partial charge in [-0.3, -0.25) is 9.59 Å². The van der Waals surface area contributed by atoms with Crippen molar-refractivity contribution in [2.45, 2.75) is 0 Å². The number of hydrogen-bond donors (Lipinski definition) is 0. The number of ether oxygens (including phenoxy) is 1. The van der Waals surface area contributed by atoms with Crippen molar-refractivity contribution >= 4 is 11.7 Å². The summed E-state index contributed by atoms with van der Waals surface area (Å²) in [7, 11) is 0. The van der Waals surface area contributed by atoms with Crippen LogP contribution < -0.4 is 0 Å². The molecule has 0 radical (unpaired) electrons. The number of halogens is 1. The van der Waals surface area contributed by atoms with Gasteiger partial charge < -0.3 is 9.64 Å². The molecule has 0 spiro atoms. The summed E-state index contributed by atoms with van der Waals surface area (Å²) < 4.78 is 18.3. The highest BCUT2D eigenvalue weighted by Gasteiger charge is 2.22. The standard InChI is InChI=1S/C12H12FNO3/c13-10-4-2-1-3-9(10)11(15)7-14-5-6-17-8-12(14)16/h1-4H,5-8H2. The zero-order valence-electron chi connectivity index (χ0n) is 9.19. The number of nitrogens with zero attached hydrogens (tertiary/aromatic N) is 1. The molecule has 0 aliphatic carbocycles. The van der Waals surface area contributed by atoms with E-state index in [-0.39, 0.29) is 24.6 Å². The molecule has 1 aromatic carbocycles. The summed E-state index contributed by atoms with van der Waals surface area (Å²) in [6, 6.07) is 5.76. The zero-order valence-corrected chi connectivity index (χ0v) is 9.19. The molecule has 1 saturated heterocycles. The molecular weight excluding hydrogens is 225 g/mol. The SMILES string of the molecule is O=C(CN1CCOCC1=O)c1ccccc1F. The Morgan fingerprint density at radius 3 is 2.88 bits per heavy atom. The minimum Gasteiger partial charge on any atom is -0.370 e. The van der Waals surface area contributed by atoms with E-state index in [1.54, 1.807) is 6.07 Å². The van der Waals surface area contributed by atoms with Gasteiger partial charge in [-0.2, -0.15) is 0 Å². The molecule has 5 heteroatoms. The lowest BCUT2D eigenvalue weighted by atomic mass is 10.1. The third-order valence-electron chi connectivity index (χ3n) is 2.59. The lowest BCUT2D eigenvalue weighted by molar-refractivity contribution is -0.141. The van der Waals surface area contributed by atoms with Crippen molar-refractivity contribution in [3.05, 3.63) is 35.6 Å². The topological polar surface area (TPSA) is 46.6 Å². The van der Waals surface area contributed by atoms with Crippen LogP contribution in [-0.4, -0.2) is 42.9 Å². The molecule has 1 heterocycles. The van der Waals surface area contributed by atoms with Crippen LogP contribution in [0, 0.1) is 5.82 Å². The van der Waals surface area contributed by atoms with Crippen LogP contribution in [0.25, 0.3) is 0 Å². The van der Waals surface area contributed by atoms with Gasteiger partial charge in [0.1, 0.15) is 12.4 Å². The van der Waals surface area contributed by atoms with E-state index in [2.05, 4.69) is 0 Å². The maximum atomic E-state index is 13.3. The van der Waals surface area contributed by atoms with E-state index in [1.165, 1.54) is 23.1 Å². The second kappa shape index (κ2) is 5.05. The number of hydrogen-bond acceptors (Lipinski definition) is 3. The highest BCUT2D eigenvalue weighted by molar-refractivity contribution is 5.99. The maximum Gasteiger partial charge on any atom is 0.249 e. The van der Waals surface area contributed by atoms with Crippen LogP contribution in [0.5, 0.6) is 0 Å². The van der Waals surface area contributed by atoms with Gasteiger partial charge in [0.2, 0.25) is 5.91 Å². The number of carbonyl (C=O) groups is 2. The molecular formula is C12H12FNO3. The van der Waals surface area contributed by atoms with Gasteiger partial charge in [0, 0.05) is 6.54 Å². The average Bonchev–Trinajstić information content (AvgIpc) is 2.32. The van der Waals surface area contributed by atoms with Crippen LogP contribution in [0.4, 0.5) is 4.39 Å². The molecule has 0 atom stereocenters. The Morgan fingerprint density at radius 2 is 2.18 bits per heavy atom. The fraction of sp³-hybridized carbons (Fsp3) is 0.333. The molecule has 1 amide bonds. The molecule has 0 unspecified atom stereocenters. The number of Topliss-reactive ketones (excluding diaryl/α,β-unsaturated/α-hetero) is 1. The van der Waals surface area contributed by atoms with Crippen molar-refractivity contribution < 1.29 is 18.7 Å². The number of amides is 1. The summed E-state index contributed by atoms with van der Waals surface area (Å²) in [5.74, 6) is -1.18. The second-order valence-electron chi connectivity index (χ2n) is 3.77. The highest BCUT2D eigenvalue weighted by atomic mass is 19.1. The van der Waals surface area contributed by atoms with Gasteiger partial charge in [-0.1, -0.05) is 12.1 Å². The summed E-state index contributed by atoms with van der Waals surface area (Å²) in [4.78, 5) is 24.6. The molecule has 1 aliphatic heterocycles. The van der Waals surface area contributed by atoms with Gasteiger partial charge in [0.15, 0.2) is 5.78 Å². The number of benzene rings is 1. The van der Waals surface area contributed by atoms with E-state index < -0.39 is 11.6 Å². The largest absolute Gasteiger partial charge is 0.370 e. The van der Waals surface area contributed by atoms with Gasteiger partial charge in [-0.25, -0.2) is 4.39 Å².